The van der Waals surface area contributed by atoms with Crippen LogP contribution in [0.25, 0.3) is 0 Å². The number of pyridine rings is 1. The normalized spacial score (nSPS) is 10.0. The molecule has 0 atom stereocenters. The molecule has 0 spiro atoms. The first-order valence-corrected chi connectivity index (χ1v) is 4.65. The molecule has 1 amide bonds. The Morgan fingerprint density at radius 1 is 1.44 bits per heavy atom. The first kappa shape index (κ1) is 10.2. The van der Waals surface area contributed by atoms with E-state index in [1.165, 1.54) is 18.5 Å². The molecule has 0 aliphatic rings. The number of carbonyl (C=O) groups is 1. The highest BCUT2D eigenvalue weighted by Crippen LogP contribution is 2.08. The number of H-pyrrole nitrogens is 1. The third kappa shape index (κ3) is 2.35. The highest BCUT2D eigenvalue weighted by Gasteiger charge is 2.06. The molecule has 6 heteroatoms. The van der Waals surface area contributed by atoms with Crippen molar-refractivity contribution < 1.29 is 9.90 Å². The van der Waals surface area contributed by atoms with E-state index in [9.17, 15) is 4.79 Å². The zero-order chi connectivity index (χ0) is 11.4. The Kier molecular flexibility index (Phi) is 2.81. The fourth-order valence-corrected chi connectivity index (χ4v) is 1.21. The van der Waals surface area contributed by atoms with Gasteiger partial charge < -0.3 is 10.4 Å². The van der Waals surface area contributed by atoms with Crippen LogP contribution in [0.4, 0.5) is 0 Å². The van der Waals surface area contributed by atoms with Gasteiger partial charge in [0, 0.05) is 24.5 Å². The molecule has 0 bridgehead atoms. The maximum atomic E-state index is 11.6. The number of carbonyl (C=O) groups excluding carboxylic acids is 1. The molecular weight excluding hydrogens is 208 g/mol. The molecule has 2 aromatic heterocycles. The van der Waals surface area contributed by atoms with Gasteiger partial charge in [-0.1, -0.05) is 0 Å². The molecular formula is C10H10N4O2. The van der Waals surface area contributed by atoms with Crippen LogP contribution in [-0.2, 0) is 6.54 Å². The Hall–Kier alpha value is -2.37. The van der Waals surface area contributed by atoms with E-state index in [0.29, 0.717) is 12.1 Å². The maximum Gasteiger partial charge on any atom is 0.253 e. The van der Waals surface area contributed by atoms with Crippen molar-refractivity contribution in [2.45, 2.75) is 6.54 Å². The monoisotopic (exact) mass is 218 g/mol. The van der Waals surface area contributed by atoms with Crippen molar-refractivity contribution in [2.24, 2.45) is 0 Å². The van der Waals surface area contributed by atoms with Crippen LogP contribution < -0.4 is 5.32 Å². The highest BCUT2D eigenvalue weighted by atomic mass is 16.3. The van der Waals surface area contributed by atoms with E-state index in [2.05, 4.69) is 20.5 Å². The van der Waals surface area contributed by atoms with Crippen molar-refractivity contribution in [2.75, 3.05) is 0 Å². The molecule has 3 N–H and O–H groups in total. The molecule has 2 heterocycles. The van der Waals surface area contributed by atoms with Gasteiger partial charge in [-0.15, -0.1) is 0 Å². The summed E-state index contributed by atoms with van der Waals surface area (Å²) in [5.41, 5.74) is 1.20. The summed E-state index contributed by atoms with van der Waals surface area (Å²) in [4.78, 5) is 15.3. The molecule has 0 aromatic carbocycles. The smallest absolute Gasteiger partial charge is 0.253 e. The second kappa shape index (κ2) is 4.43. The van der Waals surface area contributed by atoms with Gasteiger partial charge in [0.1, 0.15) is 5.75 Å². The van der Waals surface area contributed by atoms with E-state index in [-0.39, 0.29) is 11.7 Å². The summed E-state index contributed by atoms with van der Waals surface area (Å²) in [6.07, 6.45) is 5.99. The lowest BCUT2D eigenvalue weighted by Gasteiger charge is -2.03. The van der Waals surface area contributed by atoms with Crippen LogP contribution in [0.15, 0.2) is 30.9 Å². The summed E-state index contributed by atoms with van der Waals surface area (Å²) in [5, 5.41) is 18.2. The Bertz CT molecular complexity index is 481. The minimum atomic E-state index is -0.287. The largest absolute Gasteiger partial charge is 0.506 e. The molecule has 16 heavy (non-hydrogen) atoms. The van der Waals surface area contributed by atoms with Crippen molar-refractivity contribution in [3.05, 3.63) is 42.0 Å². The predicted molar refractivity (Wildman–Crippen MR) is 55.7 cm³/mol. The van der Waals surface area contributed by atoms with Crippen LogP contribution in [0.5, 0.6) is 5.75 Å². The average Bonchev–Trinajstić information content (AvgIpc) is 2.78. The lowest BCUT2D eigenvalue weighted by molar-refractivity contribution is 0.0950. The van der Waals surface area contributed by atoms with Crippen molar-refractivity contribution >= 4 is 5.91 Å². The fraction of sp³-hybridized carbons (Fsp3) is 0.100. The molecule has 0 unspecified atom stereocenters. The van der Waals surface area contributed by atoms with Crippen LogP contribution >= 0.6 is 0 Å². The topological polar surface area (TPSA) is 90.9 Å². The molecule has 0 aliphatic carbocycles. The number of aromatic nitrogens is 3. The van der Waals surface area contributed by atoms with Gasteiger partial charge in [-0.05, 0) is 6.07 Å². The predicted octanol–water partition coefficient (Wildman–Crippen LogP) is 0.440. The quantitative estimate of drug-likeness (QED) is 0.697. The summed E-state index contributed by atoms with van der Waals surface area (Å²) in [6, 6.07) is 1.36. The lowest BCUT2D eigenvalue weighted by Crippen LogP contribution is -2.22. The van der Waals surface area contributed by atoms with E-state index in [0.717, 1.165) is 5.56 Å². The zero-order valence-electron chi connectivity index (χ0n) is 8.34. The molecule has 2 aromatic rings. The Labute approximate surface area is 91.3 Å². The number of rotatable bonds is 3. The summed E-state index contributed by atoms with van der Waals surface area (Å²) >= 11 is 0. The third-order valence-electron chi connectivity index (χ3n) is 1.99. The number of amides is 1. The Morgan fingerprint density at radius 3 is 3.00 bits per heavy atom. The number of aromatic amines is 1. The molecule has 6 nitrogen and oxygen atoms in total. The van der Waals surface area contributed by atoms with Gasteiger partial charge in [-0.25, -0.2) is 0 Å². The number of nitrogens with one attached hydrogen (secondary N) is 2. The molecule has 0 radical (unpaired) electrons. The van der Waals surface area contributed by atoms with Crippen LogP contribution in [0.1, 0.15) is 15.9 Å². The molecule has 0 saturated carbocycles. The Morgan fingerprint density at radius 2 is 2.31 bits per heavy atom. The summed E-state index contributed by atoms with van der Waals surface area (Å²) in [7, 11) is 0. The summed E-state index contributed by atoms with van der Waals surface area (Å²) in [5.74, 6) is -0.319. The lowest BCUT2D eigenvalue weighted by atomic mass is 10.2. The molecule has 2 rings (SSSR count). The second-order valence-corrected chi connectivity index (χ2v) is 3.22. The van der Waals surface area contributed by atoms with E-state index < -0.39 is 0 Å². The molecule has 0 fully saturated rings. The van der Waals surface area contributed by atoms with Crippen LogP contribution in [-0.4, -0.2) is 26.2 Å². The first-order valence-electron chi connectivity index (χ1n) is 4.65. The number of hydrogen-bond acceptors (Lipinski definition) is 4. The molecule has 82 valence electrons. The third-order valence-corrected chi connectivity index (χ3v) is 1.99. The average molecular weight is 218 g/mol. The minimum Gasteiger partial charge on any atom is -0.506 e. The second-order valence-electron chi connectivity index (χ2n) is 3.22. The number of aromatic hydroxyl groups is 1. The minimum absolute atomic E-state index is 0.0315. The van der Waals surface area contributed by atoms with Crippen molar-refractivity contribution in [1.82, 2.24) is 20.5 Å². The van der Waals surface area contributed by atoms with E-state index in [1.54, 1.807) is 12.4 Å². The zero-order valence-corrected chi connectivity index (χ0v) is 8.34. The van der Waals surface area contributed by atoms with Crippen molar-refractivity contribution in [3.63, 3.8) is 0 Å². The summed E-state index contributed by atoms with van der Waals surface area (Å²) < 4.78 is 0. The van der Waals surface area contributed by atoms with Crippen LogP contribution in [0, 0.1) is 0 Å². The van der Waals surface area contributed by atoms with Gasteiger partial charge in [-0.2, -0.15) is 5.10 Å². The standard InChI is InChI=1S/C10H10N4O2/c15-9-1-8(5-11-6-9)10(16)12-2-7-3-13-14-4-7/h1,3-6,15H,2H2,(H,12,16)(H,13,14). The van der Waals surface area contributed by atoms with E-state index in [4.69, 9.17) is 5.11 Å². The Balaban J connectivity index is 1.98. The summed E-state index contributed by atoms with van der Waals surface area (Å²) in [6.45, 7) is 0.380. The number of hydrogen-bond donors (Lipinski definition) is 3. The van der Waals surface area contributed by atoms with E-state index >= 15 is 0 Å². The molecule has 0 saturated heterocycles. The fourth-order valence-electron chi connectivity index (χ4n) is 1.21. The first-order chi connectivity index (χ1) is 7.75. The van der Waals surface area contributed by atoms with Crippen LogP contribution in [0.2, 0.25) is 0 Å². The SMILES string of the molecule is O=C(NCc1cn[nH]c1)c1cncc(O)c1. The van der Waals surface area contributed by atoms with Gasteiger partial charge in [0.25, 0.3) is 5.91 Å². The van der Waals surface area contributed by atoms with Crippen LogP contribution in [0.3, 0.4) is 0 Å². The van der Waals surface area contributed by atoms with Crippen molar-refractivity contribution in [1.29, 1.82) is 0 Å². The van der Waals surface area contributed by atoms with Crippen molar-refractivity contribution in [3.8, 4) is 5.75 Å². The van der Waals surface area contributed by atoms with Gasteiger partial charge in [0.05, 0.1) is 18.0 Å². The van der Waals surface area contributed by atoms with Gasteiger partial charge in [0.15, 0.2) is 0 Å². The van der Waals surface area contributed by atoms with Gasteiger partial charge in [-0.3, -0.25) is 14.9 Å². The highest BCUT2D eigenvalue weighted by molar-refractivity contribution is 5.94. The molecule has 0 aliphatic heterocycles. The van der Waals surface area contributed by atoms with Gasteiger partial charge in [0.2, 0.25) is 0 Å². The van der Waals surface area contributed by atoms with E-state index in [1.807, 2.05) is 0 Å². The van der Waals surface area contributed by atoms with Gasteiger partial charge >= 0.3 is 0 Å². The number of nitrogens with zero attached hydrogens (tertiary/aromatic N) is 2. The maximum absolute atomic E-state index is 11.6.